The number of hydrogen-bond acceptors (Lipinski definition) is 5. The zero-order valence-electron chi connectivity index (χ0n) is 12.6. The van der Waals surface area contributed by atoms with Crippen molar-refractivity contribution < 1.29 is 14.6 Å². The number of hydrogen-bond donors (Lipinski definition) is 1. The Labute approximate surface area is 138 Å². The lowest BCUT2D eigenvalue weighted by Gasteiger charge is -2.21. The van der Waals surface area contributed by atoms with Crippen molar-refractivity contribution in [1.29, 1.82) is 0 Å². The highest BCUT2D eigenvalue weighted by Crippen LogP contribution is 2.22. The maximum absolute atomic E-state index is 12.6. The highest BCUT2D eigenvalue weighted by atomic mass is 35.5. The van der Waals surface area contributed by atoms with Gasteiger partial charge in [-0.1, -0.05) is 22.9 Å². The van der Waals surface area contributed by atoms with Gasteiger partial charge in [0, 0.05) is 18.7 Å². The first-order chi connectivity index (χ1) is 11.1. The fourth-order valence-corrected chi connectivity index (χ4v) is 2.90. The molecule has 1 N–H and O–H groups in total. The number of carbonyl (C=O) groups excluding carboxylic acids is 1. The molecule has 1 aliphatic rings. The monoisotopic (exact) mass is 336 g/mol. The molecule has 1 fully saturated rings. The third kappa shape index (κ3) is 3.21. The topological polar surface area (TPSA) is 80.5 Å². The predicted molar refractivity (Wildman–Crippen MR) is 83.7 cm³/mol. The molecule has 1 amide bonds. The van der Waals surface area contributed by atoms with Crippen molar-refractivity contribution in [2.45, 2.75) is 18.6 Å². The van der Waals surface area contributed by atoms with Crippen molar-refractivity contribution >= 4 is 17.5 Å². The Kier molecular flexibility index (Phi) is 4.61. The average Bonchev–Trinajstić information content (AvgIpc) is 3.21. The fraction of sp³-hybridized carbons (Fsp3) is 0.400. The van der Waals surface area contributed by atoms with Crippen LogP contribution in [-0.2, 0) is 4.74 Å². The molecule has 7 nitrogen and oxygen atoms in total. The Balaban J connectivity index is 1.81. The van der Waals surface area contributed by atoms with Crippen LogP contribution in [0, 0.1) is 0 Å². The number of halogens is 1. The Morgan fingerprint density at radius 3 is 3.04 bits per heavy atom. The van der Waals surface area contributed by atoms with E-state index in [0.717, 1.165) is 5.69 Å². The average molecular weight is 337 g/mol. The van der Waals surface area contributed by atoms with E-state index in [-0.39, 0.29) is 30.4 Å². The summed E-state index contributed by atoms with van der Waals surface area (Å²) in [7, 11) is 1.60. The third-order valence-corrected chi connectivity index (χ3v) is 4.20. The molecule has 1 aromatic carbocycles. The van der Waals surface area contributed by atoms with Crippen LogP contribution in [-0.4, -0.2) is 63.3 Å². The summed E-state index contributed by atoms with van der Waals surface area (Å²) in [5.74, 6) is -0.267. The molecular formula is C15H17ClN4O3. The molecule has 0 radical (unpaired) electrons. The Bertz CT molecular complexity index is 706. The number of rotatable bonds is 4. The summed E-state index contributed by atoms with van der Waals surface area (Å²) in [6.07, 6.45) is 2.10. The second kappa shape index (κ2) is 6.66. The molecule has 2 heterocycles. The van der Waals surface area contributed by atoms with Gasteiger partial charge in [0.2, 0.25) is 0 Å². The SMILES string of the molecule is CO[C@@H]1C[C@@H](CO)N(C(=O)c2cn(-c3cccc(Cl)c3)nn2)C1. The minimum absolute atomic E-state index is 0.0703. The third-order valence-electron chi connectivity index (χ3n) is 3.97. The van der Waals surface area contributed by atoms with Gasteiger partial charge < -0.3 is 14.7 Å². The zero-order chi connectivity index (χ0) is 16.4. The van der Waals surface area contributed by atoms with Crippen LogP contribution >= 0.6 is 11.6 Å². The van der Waals surface area contributed by atoms with Gasteiger partial charge in [-0.25, -0.2) is 4.68 Å². The molecular weight excluding hydrogens is 320 g/mol. The number of aromatic nitrogens is 3. The normalized spacial score (nSPS) is 20.9. The summed E-state index contributed by atoms with van der Waals surface area (Å²) in [6.45, 7) is 0.332. The highest BCUT2D eigenvalue weighted by molar-refractivity contribution is 6.30. The van der Waals surface area contributed by atoms with Crippen LogP contribution in [0.4, 0.5) is 0 Å². The number of ether oxygens (including phenoxy) is 1. The molecule has 2 atom stereocenters. The number of amides is 1. The maximum Gasteiger partial charge on any atom is 0.276 e. The van der Waals surface area contributed by atoms with Crippen LogP contribution in [0.25, 0.3) is 5.69 Å². The molecule has 3 rings (SSSR count). The van der Waals surface area contributed by atoms with Crippen LogP contribution in [0.5, 0.6) is 0 Å². The molecule has 0 saturated carbocycles. The summed E-state index contributed by atoms with van der Waals surface area (Å²) in [4.78, 5) is 14.2. The van der Waals surface area contributed by atoms with E-state index < -0.39 is 0 Å². The molecule has 23 heavy (non-hydrogen) atoms. The number of aliphatic hydroxyl groups excluding tert-OH is 1. The quantitative estimate of drug-likeness (QED) is 0.905. The largest absolute Gasteiger partial charge is 0.394 e. The van der Waals surface area contributed by atoms with Gasteiger partial charge in [0.25, 0.3) is 5.91 Å². The van der Waals surface area contributed by atoms with E-state index in [1.165, 1.54) is 4.68 Å². The first-order valence-corrected chi connectivity index (χ1v) is 7.63. The van der Waals surface area contributed by atoms with Crippen LogP contribution in [0.1, 0.15) is 16.9 Å². The Hall–Kier alpha value is -1.96. The fourth-order valence-electron chi connectivity index (χ4n) is 2.72. The van der Waals surface area contributed by atoms with E-state index in [9.17, 15) is 9.90 Å². The van der Waals surface area contributed by atoms with Crippen molar-refractivity contribution in [2.24, 2.45) is 0 Å². The highest BCUT2D eigenvalue weighted by Gasteiger charge is 2.36. The lowest BCUT2D eigenvalue weighted by atomic mass is 10.2. The van der Waals surface area contributed by atoms with Gasteiger partial charge in [0.05, 0.1) is 30.6 Å². The first-order valence-electron chi connectivity index (χ1n) is 7.25. The Morgan fingerprint density at radius 1 is 1.52 bits per heavy atom. The number of benzene rings is 1. The van der Waals surface area contributed by atoms with E-state index in [0.29, 0.717) is 18.0 Å². The van der Waals surface area contributed by atoms with E-state index in [4.69, 9.17) is 16.3 Å². The number of nitrogens with zero attached hydrogens (tertiary/aromatic N) is 4. The summed E-state index contributed by atoms with van der Waals surface area (Å²) in [6, 6.07) is 6.85. The number of carbonyl (C=O) groups is 1. The van der Waals surface area contributed by atoms with Crippen molar-refractivity contribution in [3.63, 3.8) is 0 Å². The molecule has 1 saturated heterocycles. The number of methoxy groups -OCH3 is 1. The first kappa shape index (κ1) is 15.9. The van der Waals surface area contributed by atoms with Crippen LogP contribution in [0.15, 0.2) is 30.5 Å². The van der Waals surface area contributed by atoms with Crippen molar-refractivity contribution in [3.8, 4) is 5.69 Å². The summed E-state index contributed by atoms with van der Waals surface area (Å²) in [5.41, 5.74) is 0.944. The lowest BCUT2D eigenvalue weighted by molar-refractivity contribution is 0.0642. The molecule has 2 aromatic rings. The van der Waals surface area contributed by atoms with E-state index in [1.54, 1.807) is 36.4 Å². The van der Waals surface area contributed by atoms with Gasteiger partial charge in [-0.15, -0.1) is 5.10 Å². The molecule has 0 spiro atoms. The minimum atomic E-state index is -0.267. The molecule has 122 valence electrons. The van der Waals surface area contributed by atoms with Gasteiger partial charge in [-0.3, -0.25) is 4.79 Å². The van der Waals surface area contributed by atoms with Gasteiger partial charge in [-0.05, 0) is 24.6 Å². The molecule has 1 aromatic heterocycles. The minimum Gasteiger partial charge on any atom is -0.394 e. The standard InChI is InChI=1S/C15H17ClN4O3/c1-23-13-6-12(9-21)19(7-13)15(22)14-8-20(18-17-14)11-4-2-3-10(16)5-11/h2-5,8,12-13,21H,6-7,9H2,1H3/t12-,13+/m0/s1. The Morgan fingerprint density at radius 2 is 2.35 bits per heavy atom. The molecule has 8 heteroatoms. The van der Waals surface area contributed by atoms with E-state index in [2.05, 4.69) is 10.3 Å². The van der Waals surface area contributed by atoms with Crippen LogP contribution in [0.3, 0.4) is 0 Å². The maximum atomic E-state index is 12.6. The van der Waals surface area contributed by atoms with Gasteiger partial charge in [0.15, 0.2) is 5.69 Å². The van der Waals surface area contributed by atoms with E-state index in [1.807, 2.05) is 6.07 Å². The smallest absolute Gasteiger partial charge is 0.276 e. The van der Waals surface area contributed by atoms with Gasteiger partial charge in [0.1, 0.15) is 0 Å². The van der Waals surface area contributed by atoms with Crippen molar-refractivity contribution in [2.75, 3.05) is 20.3 Å². The number of aliphatic hydroxyl groups is 1. The summed E-state index contributed by atoms with van der Waals surface area (Å²) >= 11 is 5.96. The predicted octanol–water partition coefficient (Wildman–Crippen LogP) is 1.14. The second-order valence-corrected chi connectivity index (χ2v) is 5.85. The number of likely N-dealkylation sites (tertiary alicyclic amines) is 1. The molecule has 0 bridgehead atoms. The van der Waals surface area contributed by atoms with Gasteiger partial charge in [-0.2, -0.15) is 0 Å². The zero-order valence-corrected chi connectivity index (χ0v) is 13.3. The van der Waals surface area contributed by atoms with Crippen LogP contribution in [0.2, 0.25) is 5.02 Å². The molecule has 1 aliphatic heterocycles. The summed E-state index contributed by atoms with van der Waals surface area (Å²) < 4.78 is 6.78. The van der Waals surface area contributed by atoms with Gasteiger partial charge >= 0.3 is 0 Å². The van der Waals surface area contributed by atoms with Crippen molar-refractivity contribution in [3.05, 3.63) is 41.2 Å². The summed E-state index contributed by atoms with van der Waals surface area (Å²) in [5, 5.41) is 18.0. The lowest BCUT2D eigenvalue weighted by Crippen LogP contribution is -2.38. The molecule has 0 unspecified atom stereocenters. The van der Waals surface area contributed by atoms with E-state index >= 15 is 0 Å². The van der Waals surface area contributed by atoms with Crippen LogP contribution < -0.4 is 0 Å². The van der Waals surface area contributed by atoms with Crippen molar-refractivity contribution in [1.82, 2.24) is 19.9 Å². The second-order valence-electron chi connectivity index (χ2n) is 5.42. The molecule has 0 aliphatic carbocycles.